The Kier molecular flexibility index (Phi) is 2.23. The quantitative estimate of drug-likeness (QED) is 0.698. The van der Waals surface area contributed by atoms with Crippen LogP contribution < -0.4 is 5.73 Å². The third kappa shape index (κ3) is 1.37. The summed E-state index contributed by atoms with van der Waals surface area (Å²) in [5.74, 6) is 0. The van der Waals surface area contributed by atoms with Crippen molar-refractivity contribution in [1.82, 2.24) is 14.9 Å². The minimum absolute atomic E-state index is 0.0879. The van der Waals surface area contributed by atoms with Gasteiger partial charge < -0.3 is 10.6 Å². The van der Waals surface area contributed by atoms with Crippen molar-refractivity contribution >= 4 is 0 Å². The number of hydrogen-bond donors (Lipinski definition) is 1. The van der Waals surface area contributed by atoms with Crippen LogP contribution in [0.15, 0.2) is 12.4 Å². The van der Waals surface area contributed by atoms with Gasteiger partial charge in [0.15, 0.2) is 0 Å². The second-order valence-electron chi connectivity index (χ2n) is 5.21. The molecule has 3 rings (SSSR count). The van der Waals surface area contributed by atoms with Gasteiger partial charge in [0.05, 0.1) is 17.4 Å². The Morgan fingerprint density at radius 1 is 1.31 bits per heavy atom. The van der Waals surface area contributed by atoms with Crippen LogP contribution in [0.1, 0.15) is 30.3 Å². The van der Waals surface area contributed by atoms with Crippen molar-refractivity contribution in [3.05, 3.63) is 23.8 Å². The third-order valence-electron chi connectivity index (χ3n) is 4.26. The predicted octanol–water partition coefficient (Wildman–Crippen LogP) is 0.744. The molecule has 2 heterocycles. The molecule has 0 saturated carbocycles. The molecule has 16 heavy (non-hydrogen) atoms. The highest BCUT2D eigenvalue weighted by Crippen LogP contribution is 2.48. The van der Waals surface area contributed by atoms with Crippen LogP contribution in [-0.4, -0.2) is 35.0 Å². The molecule has 2 aliphatic rings. The first kappa shape index (κ1) is 10.2. The van der Waals surface area contributed by atoms with E-state index in [0.29, 0.717) is 0 Å². The average Bonchev–Trinajstić information content (AvgIpc) is 2.58. The van der Waals surface area contributed by atoms with Gasteiger partial charge in [-0.05, 0) is 44.8 Å². The zero-order chi connectivity index (χ0) is 11.2. The molecule has 1 fully saturated rings. The van der Waals surface area contributed by atoms with E-state index in [9.17, 15) is 0 Å². The van der Waals surface area contributed by atoms with Crippen molar-refractivity contribution in [2.24, 2.45) is 11.1 Å². The lowest BCUT2D eigenvalue weighted by Gasteiger charge is -2.40. The summed E-state index contributed by atoms with van der Waals surface area (Å²) < 4.78 is 0. The highest BCUT2D eigenvalue weighted by Gasteiger charge is 2.46. The molecule has 1 atom stereocenters. The highest BCUT2D eigenvalue weighted by molar-refractivity contribution is 5.27. The number of likely N-dealkylation sites (tertiary alicyclic amines) is 1. The zero-order valence-electron chi connectivity index (χ0n) is 9.69. The Labute approximate surface area is 95.9 Å². The Balaban J connectivity index is 1.91. The largest absolute Gasteiger partial charge is 0.322 e. The minimum atomic E-state index is 0.0879. The Bertz CT molecular complexity index is 396. The van der Waals surface area contributed by atoms with Crippen LogP contribution in [0.2, 0.25) is 0 Å². The van der Waals surface area contributed by atoms with Gasteiger partial charge in [-0.25, -0.2) is 0 Å². The number of aromatic nitrogens is 2. The van der Waals surface area contributed by atoms with Crippen LogP contribution >= 0.6 is 0 Å². The molecule has 2 N–H and O–H groups in total. The van der Waals surface area contributed by atoms with Crippen LogP contribution in [0, 0.1) is 5.41 Å². The molecule has 0 bridgehead atoms. The lowest BCUT2D eigenvalue weighted by atomic mass is 9.74. The first-order valence-corrected chi connectivity index (χ1v) is 5.95. The molecule has 1 aromatic heterocycles. The van der Waals surface area contributed by atoms with E-state index in [0.717, 1.165) is 30.9 Å². The summed E-state index contributed by atoms with van der Waals surface area (Å²) in [6, 6.07) is 0.0879. The molecular formula is C12H18N4. The van der Waals surface area contributed by atoms with Crippen molar-refractivity contribution in [1.29, 1.82) is 0 Å². The van der Waals surface area contributed by atoms with Gasteiger partial charge in [-0.3, -0.25) is 9.97 Å². The minimum Gasteiger partial charge on any atom is -0.322 e. The summed E-state index contributed by atoms with van der Waals surface area (Å²) in [6.07, 6.45) is 6.89. The molecule has 86 valence electrons. The van der Waals surface area contributed by atoms with Crippen molar-refractivity contribution in [3.63, 3.8) is 0 Å². The van der Waals surface area contributed by atoms with Crippen molar-refractivity contribution in [2.45, 2.75) is 25.3 Å². The van der Waals surface area contributed by atoms with E-state index in [4.69, 9.17) is 5.73 Å². The molecule has 0 aromatic carbocycles. The smallest absolute Gasteiger partial charge is 0.0791 e. The molecule has 0 radical (unpaired) electrons. The summed E-state index contributed by atoms with van der Waals surface area (Å²) in [6.45, 7) is 2.28. The molecule has 4 nitrogen and oxygen atoms in total. The van der Waals surface area contributed by atoms with Gasteiger partial charge in [0.2, 0.25) is 0 Å². The normalized spacial score (nSPS) is 28.2. The maximum atomic E-state index is 6.38. The van der Waals surface area contributed by atoms with Crippen LogP contribution in [0.4, 0.5) is 0 Å². The predicted molar refractivity (Wildman–Crippen MR) is 61.8 cm³/mol. The van der Waals surface area contributed by atoms with Gasteiger partial charge in [0.25, 0.3) is 0 Å². The van der Waals surface area contributed by atoms with Gasteiger partial charge in [0, 0.05) is 12.4 Å². The molecule has 0 unspecified atom stereocenters. The van der Waals surface area contributed by atoms with E-state index >= 15 is 0 Å². The van der Waals surface area contributed by atoms with Crippen molar-refractivity contribution in [3.8, 4) is 0 Å². The fourth-order valence-electron chi connectivity index (χ4n) is 3.06. The number of nitrogens with two attached hydrogens (primary N) is 1. The Morgan fingerprint density at radius 2 is 2.00 bits per heavy atom. The van der Waals surface area contributed by atoms with Gasteiger partial charge >= 0.3 is 0 Å². The van der Waals surface area contributed by atoms with E-state index < -0.39 is 0 Å². The summed E-state index contributed by atoms with van der Waals surface area (Å²) in [7, 11) is 2.18. The van der Waals surface area contributed by atoms with Gasteiger partial charge in [-0.2, -0.15) is 0 Å². The fourth-order valence-corrected chi connectivity index (χ4v) is 3.06. The van der Waals surface area contributed by atoms with Crippen LogP contribution in [-0.2, 0) is 6.42 Å². The number of rotatable bonds is 0. The van der Waals surface area contributed by atoms with Crippen LogP contribution in [0.5, 0.6) is 0 Å². The topological polar surface area (TPSA) is 55.0 Å². The van der Waals surface area contributed by atoms with Crippen LogP contribution in [0.3, 0.4) is 0 Å². The number of fused-ring (bicyclic) bond motifs is 1. The summed E-state index contributed by atoms with van der Waals surface area (Å²) >= 11 is 0. The Hall–Kier alpha value is -1.00. The fraction of sp³-hybridized carbons (Fsp3) is 0.667. The van der Waals surface area contributed by atoms with Crippen molar-refractivity contribution < 1.29 is 0 Å². The van der Waals surface area contributed by atoms with E-state index in [1.165, 1.54) is 12.8 Å². The van der Waals surface area contributed by atoms with Gasteiger partial charge in [-0.15, -0.1) is 0 Å². The third-order valence-corrected chi connectivity index (χ3v) is 4.26. The maximum Gasteiger partial charge on any atom is 0.0791 e. The summed E-state index contributed by atoms with van der Waals surface area (Å²) in [4.78, 5) is 11.2. The Morgan fingerprint density at radius 3 is 2.69 bits per heavy atom. The van der Waals surface area contributed by atoms with E-state index in [1.54, 1.807) is 12.4 Å². The first-order valence-electron chi connectivity index (χ1n) is 5.95. The van der Waals surface area contributed by atoms with Crippen LogP contribution in [0.25, 0.3) is 0 Å². The molecule has 1 spiro atoms. The van der Waals surface area contributed by atoms with E-state index in [2.05, 4.69) is 21.9 Å². The molecule has 4 heteroatoms. The van der Waals surface area contributed by atoms with Gasteiger partial charge in [-0.1, -0.05) is 0 Å². The highest BCUT2D eigenvalue weighted by atomic mass is 15.1. The molecule has 0 amide bonds. The molecule has 1 aliphatic carbocycles. The maximum absolute atomic E-state index is 6.38. The summed E-state index contributed by atoms with van der Waals surface area (Å²) in [5, 5.41) is 0. The SMILES string of the molecule is CN1CCC2(CC1)Cc1nccnc1[C@H]2N. The zero-order valence-corrected chi connectivity index (χ0v) is 9.69. The lowest BCUT2D eigenvalue weighted by molar-refractivity contribution is 0.104. The molecular weight excluding hydrogens is 200 g/mol. The second kappa shape index (κ2) is 3.50. The lowest BCUT2D eigenvalue weighted by Crippen LogP contribution is -2.42. The van der Waals surface area contributed by atoms with Crippen molar-refractivity contribution in [2.75, 3.05) is 20.1 Å². The number of nitrogens with zero attached hydrogens (tertiary/aromatic N) is 3. The monoisotopic (exact) mass is 218 g/mol. The molecule has 1 saturated heterocycles. The standard InChI is InChI=1S/C12H18N4/c1-16-6-2-12(3-7-16)8-9-10(11(12)13)15-5-4-14-9/h4-5,11H,2-3,6-8,13H2,1H3/t11-/m1/s1. The molecule has 1 aromatic rings. The van der Waals surface area contributed by atoms with E-state index in [1.807, 2.05) is 0 Å². The second-order valence-corrected chi connectivity index (χ2v) is 5.21. The number of piperidine rings is 1. The average molecular weight is 218 g/mol. The number of hydrogen-bond acceptors (Lipinski definition) is 4. The van der Waals surface area contributed by atoms with E-state index in [-0.39, 0.29) is 11.5 Å². The summed E-state index contributed by atoms with van der Waals surface area (Å²) in [5.41, 5.74) is 8.77. The van der Waals surface area contributed by atoms with Gasteiger partial charge in [0.1, 0.15) is 0 Å². The first-order chi connectivity index (χ1) is 7.71. The molecule has 1 aliphatic heterocycles.